The maximum Gasteiger partial charge on any atom is 0.391 e. The van der Waals surface area contributed by atoms with E-state index in [0.29, 0.717) is 26.0 Å². The minimum atomic E-state index is -4.09. The topological polar surface area (TPSA) is 41.5 Å². The first-order valence-electron chi connectivity index (χ1n) is 6.49. The Hall–Kier alpha value is -0.330. The van der Waals surface area contributed by atoms with Crippen LogP contribution in [0.2, 0.25) is 0 Å². The SMILES string of the molecule is OC1(CNC2CCCC(C(F)(F)F)C2)CCOC1. The number of aliphatic hydroxyl groups is 1. The van der Waals surface area contributed by atoms with E-state index in [-0.39, 0.29) is 25.5 Å². The highest BCUT2D eigenvalue weighted by atomic mass is 19.4. The standard InChI is InChI=1S/C12H20F3NO2/c13-12(14,15)9-2-1-3-10(6-9)16-7-11(17)4-5-18-8-11/h9-10,16-17H,1-8H2. The molecule has 3 unspecified atom stereocenters. The van der Waals surface area contributed by atoms with Crippen LogP contribution in [-0.2, 0) is 4.74 Å². The number of ether oxygens (including phenoxy) is 1. The lowest BCUT2D eigenvalue weighted by Gasteiger charge is -2.33. The van der Waals surface area contributed by atoms with Gasteiger partial charge in [0.1, 0.15) is 5.60 Å². The van der Waals surface area contributed by atoms with Crippen molar-refractivity contribution in [1.82, 2.24) is 5.32 Å². The summed E-state index contributed by atoms with van der Waals surface area (Å²) in [6.45, 7) is 1.12. The molecule has 0 aromatic heterocycles. The minimum absolute atomic E-state index is 0.125. The number of alkyl halides is 3. The van der Waals surface area contributed by atoms with E-state index in [9.17, 15) is 18.3 Å². The van der Waals surface area contributed by atoms with Gasteiger partial charge in [-0.15, -0.1) is 0 Å². The molecule has 3 nitrogen and oxygen atoms in total. The van der Waals surface area contributed by atoms with Crippen molar-refractivity contribution < 1.29 is 23.0 Å². The van der Waals surface area contributed by atoms with E-state index in [1.165, 1.54) is 0 Å². The third-order valence-electron chi connectivity index (χ3n) is 3.94. The van der Waals surface area contributed by atoms with Gasteiger partial charge in [-0.2, -0.15) is 13.2 Å². The average Bonchev–Trinajstić information content (AvgIpc) is 2.74. The van der Waals surface area contributed by atoms with Crippen LogP contribution in [0.15, 0.2) is 0 Å². The lowest BCUT2D eigenvalue weighted by Crippen LogP contribution is -2.47. The Morgan fingerprint density at radius 2 is 2.11 bits per heavy atom. The summed E-state index contributed by atoms with van der Waals surface area (Å²) in [7, 11) is 0. The predicted octanol–water partition coefficient (Wildman–Crippen LogP) is 1.85. The highest BCUT2D eigenvalue weighted by Gasteiger charge is 2.42. The number of nitrogens with one attached hydrogen (secondary N) is 1. The zero-order chi connectivity index (χ0) is 13.2. The van der Waals surface area contributed by atoms with Crippen molar-refractivity contribution in [3.63, 3.8) is 0 Å². The van der Waals surface area contributed by atoms with E-state index >= 15 is 0 Å². The molecule has 106 valence electrons. The summed E-state index contributed by atoms with van der Waals surface area (Å²) >= 11 is 0. The second-order valence-corrected chi connectivity index (χ2v) is 5.51. The van der Waals surface area contributed by atoms with Gasteiger partial charge in [0, 0.05) is 25.6 Å². The zero-order valence-electron chi connectivity index (χ0n) is 10.3. The molecule has 0 radical (unpaired) electrons. The Kier molecular flexibility index (Phi) is 4.18. The van der Waals surface area contributed by atoms with Crippen molar-refractivity contribution in [2.45, 2.75) is 49.9 Å². The quantitative estimate of drug-likeness (QED) is 0.820. The molecular weight excluding hydrogens is 247 g/mol. The summed E-state index contributed by atoms with van der Waals surface area (Å²) in [4.78, 5) is 0. The van der Waals surface area contributed by atoms with Crippen LogP contribution in [0.1, 0.15) is 32.1 Å². The number of hydrogen-bond acceptors (Lipinski definition) is 3. The van der Waals surface area contributed by atoms with Crippen LogP contribution in [0.5, 0.6) is 0 Å². The van der Waals surface area contributed by atoms with Gasteiger partial charge in [0.25, 0.3) is 0 Å². The van der Waals surface area contributed by atoms with E-state index in [1.807, 2.05) is 0 Å². The number of halogens is 3. The van der Waals surface area contributed by atoms with Gasteiger partial charge in [0.05, 0.1) is 12.5 Å². The molecule has 2 aliphatic rings. The summed E-state index contributed by atoms with van der Waals surface area (Å²) in [5.41, 5.74) is -0.898. The highest BCUT2D eigenvalue weighted by molar-refractivity contribution is 4.88. The second-order valence-electron chi connectivity index (χ2n) is 5.51. The van der Waals surface area contributed by atoms with Crippen molar-refractivity contribution in [1.29, 1.82) is 0 Å². The second kappa shape index (κ2) is 5.35. The van der Waals surface area contributed by atoms with Crippen LogP contribution in [0.3, 0.4) is 0 Å². The van der Waals surface area contributed by atoms with Gasteiger partial charge >= 0.3 is 6.18 Å². The maximum absolute atomic E-state index is 12.6. The molecule has 1 heterocycles. The smallest absolute Gasteiger partial charge is 0.386 e. The molecule has 1 aliphatic heterocycles. The average molecular weight is 267 g/mol. The highest BCUT2D eigenvalue weighted by Crippen LogP contribution is 2.37. The molecule has 0 bridgehead atoms. The van der Waals surface area contributed by atoms with E-state index in [4.69, 9.17) is 4.74 Å². The number of rotatable bonds is 3. The molecule has 2 N–H and O–H groups in total. The Morgan fingerprint density at radius 1 is 1.33 bits per heavy atom. The van der Waals surface area contributed by atoms with E-state index < -0.39 is 17.7 Å². The van der Waals surface area contributed by atoms with E-state index in [1.54, 1.807) is 0 Å². The van der Waals surface area contributed by atoms with E-state index in [0.717, 1.165) is 6.42 Å². The van der Waals surface area contributed by atoms with Crippen LogP contribution in [-0.4, -0.2) is 42.7 Å². The summed E-state index contributed by atoms with van der Waals surface area (Å²) in [5.74, 6) is -1.20. The van der Waals surface area contributed by atoms with Gasteiger partial charge < -0.3 is 15.2 Å². The summed E-state index contributed by atoms with van der Waals surface area (Å²) in [6.07, 6.45) is -1.83. The molecular formula is C12H20F3NO2. The number of hydrogen-bond donors (Lipinski definition) is 2. The fourth-order valence-electron chi connectivity index (χ4n) is 2.74. The Labute approximate surface area is 105 Å². The van der Waals surface area contributed by atoms with Gasteiger partial charge in [-0.3, -0.25) is 0 Å². The normalized spacial score (nSPS) is 38.0. The summed E-state index contributed by atoms with van der Waals surface area (Å²) in [5, 5.41) is 13.1. The summed E-state index contributed by atoms with van der Waals surface area (Å²) in [6, 6.07) is -0.144. The van der Waals surface area contributed by atoms with Crippen LogP contribution < -0.4 is 5.32 Å². The van der Waals surface area contributed by atoms with Crippen molar-refractivity contribution in [2.75, 3.05) is 19.8 Å². The zero-order valence-corrected chi connectivity index (χ0v) is 10.3. The molecule has 1 aliphatic carbocycles. The largest absolute Gasteiger partial charge is 0.391 e. The van der Waals surface area contributed by atoms with Gasteiger partial charge in [-0.05, 0) is 19.3 Å². The first-order chi connectivity index (χ1) is 8.39. The van der Waals surface area contributed by atoms with Crippen LogP contribution >= 0.6 is 0 Å². The minimum Gasteiger partial charge on any atom is -0.386 e. The van der Waals surface area contributed by atoms with Crippen LogP contribution in [0.4, 0.5) is 13.2 Å². The van der Waals surface area contributed by atoms with E-state index in [2.05, 4.69) is 5.32 Å². The molecule has 1 saturated heterocycles. The molecule has 18 heavy (non-hydrogen) atoms. The molecule has 3 atom stereocenters. The molecule has 2 rings (SSSR count). The summed E-state index contributed by atoms with van der Waals surface area (Å²) < 4.78 is 43.0. The predicted molar refractivity (Wildman–Crippen MR) is 60.2 cm³/mol. The maximum atomic E-state index is 12.6. The molecule has 0 spiro atoms. The first-order valence-corrected chi connectivity index (χ1v) is 6.49. The fourth-order valence-corrected chi connectivity index (χ4v) is 2.74. The third kappa shape index (κ3) is 3.59. The van der Waals surface area contributed by atoms with Crippen molar-refractivity contribution in [3.05, 3.63) is 0 Å². The van der Waals surface area contributed by atoms with Gasteiger partial charge in [-0.1, -0.05) is 6.42 Å². The van der Waals surface area contributed by atoms with Crippen molar-refractivity contribution >= 4 is 0 Å². The van der Waals surface area contributed by atoms with Gasteiger partial charge in [0.2, 0.25) is 0 Å². The lowest BCUT2D eigenvalue weighted by atomic mass is 9.85. The lowest BCUT2D eigenvalue weighted by molar-refractivity contribution is -0.183. The molecule has 1 saturated carbocycles. The van der Waals surface area contributed by atoms with Crippen LogP contribution in [0.25, 0.3) is 0 Å². The van der Waals surface area contributed by atoms with Gasteiger partial charge in [-0.25, -0.2) is 0 Å². The van der Waals surface area contributed by atoms with Gasteiger partial charge in [0.15, 0.2) is 0 Å². The Balaban J connectivity index is 1.79. The molecule has 0 aromatic rings. The van der Waals surface area contributed by atoms with Crippen LogP contribution in [0, 0.1) is 5.92 Å². The van der Waals surface area contributed by atoms with Crippen molar-refractivity contribution in [3.8, 4) is 0 Å². The van der Waals surface area contributed by atoms with Crippen molar-refractivity contribution in [2.24, 2.45) is 5.92 Å². The molecule has 2 fully saturated rings. The molecule has 0 aromatic carbocycles. The first kappa shape index (κ1) is 14.1. The Morgan fingerprint density at radius 3 is 2.72 bits per heavy atom. The fraction of sp³-hybridized carbons (Fsp3) is 1.00. The molecule has 6 heteroatoms. The third-order valence-corrected chi connectivity index (χ3v) is 3.94. The molecule has 0 amide bonds. The Bertz CT molecular complexity index is 277. The monoisotopic (exact) mass is 267 g/mol.